The summed E-state index contributed by atoms with van der Waals surface area (Å²) in [6, 6.07) is 0. The third-order valence-electron chi connectivity index (χ3n) is 12.6. The number of aliphatic hydroxyl groups is 4. The van der Waals surface area contributed by atoms with Crippen molar-refractivity contribution in [1.82, 2.24) is 0 Å². The molecule has 1 fully saturated rings. The Bertz CT molecular complexity index is 1350. The zero-order valence-corrected chi connectivity index (χ0v) is 43.8. The van der Waals surface area contributed by atoms with E-state index in [1.54, 1.807) is 0 Å². The Kier molecular flexibility index (Phi) is 45.3. The molecule has 0 aromatic carbocycles. The van der Waals surface area contributed by atoms with Crippen molar-refractivity contribution in [2.45, 2.75) is 269 Å². The molecule has 1 heterocycles. The maximum Gasteiger partial charge on any atom is 0.306 e. The van der Waals surface area contributed by atoms with Crippen molar-refractivity contribution in [1.29, 1.82) is 0 Å². The molecule has 1 rings (SSSR count). The summed E-state index contributed by atoms with van der Waals surface area (Å²) in [5.74, 6) is -0.816. The second-order valence-electron chi connectivity index (χ2n) is 19.0. The standard InChI is InChI=1S/C59H102O10/c1-3-5-7-9-11-13-15-17-19-21-23-25-26-28-29-31-33-35-37-39-41-43-45-47-54(61)66-50-52(51-67-59-58(65)57(64)56(63)53(49-60)69-59)68-55(62)48-46-44-42-40-38-36-34-32-30-27-24-22-20-18-16-14-12-10-8-6-4-2/h6,8,12,14-15,17-18,20-21,23-24,27,52-53,56-60,63-65H,3-5,7,9-11,13,16,19,22,25-26,28-51H2,1-2H3/b8-6-,14-12-,17-15-,20-18-,23-21-,27-24-. The summed E-state index contributed by atoms with van der Waals surface area (Å²) in [6.45, 7) is 3.31. The zero-order valence-electron chi connectivity index (χ0n) is 43.8. The Labute approximate surface area is 421 Å². The predicted octanol–water partition coefficient (Wildman–Crippen LogP) is 13.9. The Balaban J connectivity index is 2.23. The van der Waals surface area contributed by atoms with E-state index in [-0.39, 0.29) is 32.0 Å². The van der Waals surface area contributed by atoms with E-state index in [1.807, 2.05) is 0 Å². The SMILES string of the molecule is CC/C=C\C/C=C\C/C=C\C/C=C\CCCCCCCCCCC(=O)OC(COC(=O)CCCCCCCCCCCCC/C=C\C/C=C\CCCCCCC)COC1OC(CO)C(O)C(O)C1O. The first kappa shape index (κ1) is 64.2. The molecule has 398 valence electrons. The lowest BCUT2D eigenvalue weighted by atomic mass is 9.99. The van der Waals surface area contributed by atoms with Crippen molar-refractivity contribution < 1.29 is 49.0 Å². The summed E-state index contributed by atoms with van der Waals surface area (Å²) in [6.07, 6.45) is 56.2. The van der Waals surface area contributed by atoms with E-state index < -0.39 is 49.4 Å². The smallest absolute Gasteiger partial charge is 0.306 e. The van der Waals surface area contributed by atoms with E-state index in [0.717, 1.165) is 83.5 Å². The van der Waals surface area contributed by atoms with Gasteiger partial charge in [-0.15, -0.1) is 0 Å². The van der Waals surface area contributed by atoms with E-state index in [9.17, 15) is 30.0 Å². The van der Waals surface area contributed by atoms with Crippen molar-refractivity contribution in [2.24, 2.45) is 0 Å². The molecule has 1 aliphatic heterocycles. The number of aliphatic hydroxyl groups excluding tert-OH is 4. The molecule has 0 aromatic rings. The van der Waals surface area contributed by atoms with E-state index >= 15 is 0 Å². The lowest BCUT2D eigenvalue weighted by molar-refractivity contribution is -0.305. The van der Waals surface area contributed by atoms with Crippen LogP contribution in [0.3, 0.4) is 0 Å². The molecule has 0 aliphatic carbocycles. The van der Waals surface area contributed by atoms with Gasteiger partial charge < -0.3 is 39.4 Å². The summed E-state index contributed by atoms with van der Waals surface area (Å²) in [5, 5.41) is 40.3. The van der Waals surface area contributed by atoms with Crippen molar-refractivity contribution in [2.75, 3.05) is 19.8 Å². The number of hydrogen-bond donors (Lipinski definition) is 4. The Morgan fingerprint density at radius 3 is 1.29 bits per heavy atom. The number of allylic oxidation sites excluding steroid dienone is 12. The minimum absolute atomic E-state index is 0.217. The van der Waals surface area contributed by atoms with Gasteiger partial charge >= 0.3 is 11.9 Å². The average Bonchev–Trinajstić information content (AvgIpc) is 3.35. The molecule has 0 saturated carbocycles. The lowest BCUT2D eigenvalue weighted by Gasteiger charge is -2.39. The fourth-order valence-electron chi connectivity index (χ4n) is 8.21. The number of hydrogen-bond acceptors (Lipinski definition) is 10. The van der Waals surface area contributed by atoms with Crippen LogP contribution < -0.4 is 0 Å². The molecule has 10 nitrogen and oxygen atoms in total. The number of unbranched alkanes of at least 4 members (excludes halogenated alkanes) is 24. The highest BCUT2D eigenvalue weighted by atomic mass is 16.7. The first-order valence-corrected chi connectivity index (χ1v) is 28.0. The number of carbonyl (C=O) groups excluding carboxylic acids is 2. The molecular weight excluding hydrogens is 869 g/mol. The Morgan fingerprint density at radius 1 is 0.464 bits per heavy atom. The molecule has 0 amide bonds. The van der Waals surface area contributed by atoms with Crippen LogP contribution in [0, 0.1) is 0 Å². The van der Waals surface area contributed by atoms with Gasteiger partial charge in [0.15, 0.2) is 12.4 Å². The molecule has 0 radical (unpaired) electrons. The largest absolute Gasteiger partial charge is 0.462 e. The first-order chi connectivity index (χ1) is 33.8. The molecule has 0 aromatic heterocycles. The highest BCUT2D eigenvalue weighted by molar-refractivity contribution is 5.70. The van der Waals surface area contributed by atoms with Gasteiger partial charge in [-0.1, -0.05) is 209 Å². The fourth-order valence-corrected chi connectivity index (χ4v) is 8.21. The van der Waals surface area contributed by atoms with Gasteiger partial charge in [-0.2, -0.15) is 0 Å². The van der Waals surface area contributed by atoms with Crippen LogP contribution in [0.25, 0.3) is 0 Å². The molecule has 69 heavy (non-hydrogen) atoms. The normalized spacial score (nSPS) is 19.4. The molecule has 6 atom stereocenters. The highest BCUT2D eigenvalue weighted by Gasteiger charge is 2.44. The maximum atomic E-state index is 12.9. The quantitative estimate of drug-likeness (QED) is 0.0263. The van der Waals surface area contributed by atoms with Gasteiger partial charge in [-0.3, -0.25) is 9.59 Å². The zero-order chi connectivity index (χ0) is 50.1. The summed E-state index contributed by atoms with van der Waals surface area (Å²) >= 11 is 0. The van der Waals surface area contributed by atoms with Gasteiger partial charge in [-0.05, 0) is 83.5 Å². The van der Waals surface area contributed by atoms with Gasteiger partial charge in [0, 0.05) is 12.8 Å². The van der Waals surface area contributed by atoms with Crippen LogP contribution in [0.15, 0.2) is 72.9 Å². The molecule has 1 saturated heterocycles. The van der Waals surface area contributed by atoms with Crippen LogP contribution in [-0.4, -0.2) is 89.0 Å². The Morgan fingerprint density at radius 2 is 0.855 bits per heavy atom. The van der Waals surface area contributed by atoms with Crippen LogP contribution >= 0.6 is 0 Å². The van der Waals surface area contributed by atoms with Crippen molar-refractivity contribution in [3.63, 3.8) is 0 Å². The van der Waals surface area contributed by atoms with Gasteiger partial charge in [0.25, 0.3) is 0 Å². The Hall–Kier alpha value is -2.86. The molecular formula is C59H102O10. The van der Waals surface area contributed by atoms with Gasteiger partial charge in [0.2, 0.25) is 0 Å². The van der Waals surface area contributed by atoms with Gasteiger partial charge in [0.05, 0.1) is 13.2 Å². The van der Waals surface area contributed by atoms with Crippen molar-refractivity contribution in [3.8, 4) is 0 Å². The highest BCUT2D eigenvalue weighted by Crippen LogP contribution is 2.23. The molecule has 1 aliphatic rings. The summed E-state index contributed by atoms with van der Waals surface area (Å²) in [7, 11) is 0. The third-order valence-corrected chi connectivity index (χ3v) is 12.6. The molecule has 6 unspecified atom stereocenters. The van der Waals surface area contributed by atoms with E-state index in [0.29, 0.717) is 6.42 Å². The predicted molar refractivity (Wildman–Crippen MR) is 284 cm³/mol. The van der Waals surface area contributed by atoms with Crippen molar-refractivity contribution in [3.05, 3.63) is 72.9 Å². The molecule has 10 heteroatoms. The van der Waals surface area contributed by atoms with Crippen LogP contribution in [0.4, 0.5) is 0 Å². The van der Waals surface area contributed by atoms with E-state index in [4.69, 9.17) is 18.9 Å². The number of rotatable bonds is 47. The molecule has 0 bridgehead atoms. The maximum absolute atomic E-state index is 12.9. The third kappa shape index (κ3) is 39.4. The minimum atomic E-state index is -1.60. The number of carbonyl (C=O) groups is 2. The lowest BCUT2D eigenvalue weighted by Crippen LogP contribution is -2.59. The van der Waals surface area contributed by atoms with Gasteiger partial charge in [-0.25, -0.2) is 0 Å². The minimum Gasteiger partial charge on any atom is -0.462 e. The second kappa shape index (κ2) is 48.8. The van der Waals surface area contributed by atoms with Crippen LogP contribution in [0.2, 0.25) is 0 Å². The number of ether oxygens (including phenoxy) is 4. The summed E-state index contributed by atoms with van der Waals surface area (Å²) in [4.78, 5) is 25.5. The van der Waals surface area contributed by atoms with Gasteiger partial charge in [0.1, 0.15) is 31.0 Å². The number of esters is 2. The van der Waals surface area contributed by atoms with Crippen LogP contribution in [-0.2, 0) is 28.5 Å². The van der Waals surface area contributed by atoms with Crippen LogP contribution in [0.1, 0.15) is 232 Å². The fraction of sp³-hybridized carbons (Fsp3) is 0.763. The monoisotopic (exact) mass is 971 g/mol. The summed E-state index contributed by atoms with van der Waals surface area (Å²) < 4.78 is 22.3. The summed E-state index contributed by atoms with van der Waals surface area (Å²) in [5.41, 5.74) is 0. The second-order valence-corrected chi connectivity index (χ2v) is 19.0. The topological polar surface area (TPSA) is 152 Å². The van der Waals surface area contributed by atoms with Crippen LogP contribution in [0.5, 0.6) is 0 Å². The molecule has 0 spiro atoms. The van der Waals surface area contributed by atoms with E-state index in [1.165, 1.54) is 116 Å². The van der Waals surface area contributed by atoms with E-state index in [2.05, 4.69) is 86.8 Å². The van der Waals surface area contributed by atoms with Crippen molar-refractivity contribution >= 4 is 11.9 Å². The first-order valence-electron chi connectivity index (χ1n) is 28.0. The average molecular weight is 971 g/mol. The molecule has 4 N–H and O–H groups in total.